The summed E-state index contributed by atoms with van der Waals surface area (Å²) in [6.45, 7) is 3.21. The number of benzene rings is 2. The first kappa shape index (κ1) is 20.6. The molecule has 0 radical (unpaired) electrons. The largest absolute Gasteiger partial charge is 0.364 e. The second kappa shape index (κ2) is 9.02. The summed E-state index contributed by atoms with van der Waals surface area (Å²) < 4.78 is 27.3. The van der Waals surface area contributed by atoms with E-state index in [0.717, 1.165) is 43.6 Å². The molecule has 2 heterocycles. The highest BCUT2D eigenvalue weighted by atomic mass is 32.2. The highest BCUT2D eigenvalue weighted by Gasteiger charge is 2.26. The van der Waals surface area contributed by atoms with Crippen molar-refractivity contribution >= 4 is 21.6 Å². The van der Waals surface area contributed by atoms with Crippen molar-refractivity contribution < 1.29 is 13.2 Å². The SMILES string of the molecule is O=C(NCc1cccc(S(=O)(=O)N2CCCCC2)c1)c1ccc(N2CC=CC2)cc1. The Labute approximate surface area is 178 Å². The monoisotopic (exact) mass is 425 g/mol. The van der Waals surface area contributed by atoms with Crippen LogP contribution >= 0.6 is 0 Å². The Kier molecular flexibility index (Phi) is 6.20. The van der Waals surface area contributed by atoms with Crippen molar-refractivity contribution in [1.82, 2.24) is 9.62 Å². The van der Waals surface area contributed by atoms with Crippen molar-refractivity contribution in [3.8, 4) is 0 Å². The van der Waals surface area contributed by atoms with Gasteiger partial charge in [-0.3, -0.25) is 4.79 Å². The van der Waals surface area contributed by atoms with E-state index < -0.39 is 10.0 Å². The molecule has 1 fully saturated rings. The smallest absolute Gasteiger partial charge is 0.251 e. The van der Waals surface area contributed by atoms with Gasteiger partial charge in [-0.1, -0.05) is 30.7 Å². The molecule has 0 unspecified atom stereocenters. The molecule has 1 amide bonds. The van der Waals surface area contributed by atoms with E-state index in [1.807, 2.05) is 30.3 Å². The molecule has 2 aliphatic heterocycles. The lowest BCUT2D eigenvalue weighted by atomic mass is 10.1. The maximum Gasteiger partial charge on any atom is 0.251 e. The van der Waals surface area contributed by atoms with Crippen LogP contribution in [-0.4, -0.2) is 44.8 Å². The number of sulfonamides is 1. The third kappa shape index (κ3) is 4.57. The van der Waals surface area contributed by atoms with Crippen molar-refractivity contribution in [3.05, 3.63) is 71.8 Å². The summed E-state index contributed by atoms with van der Waals surface area (Å²) in [5.41, 5.74) is 2.44. The van der Waals surface area contributed by atoms with Crippen LogP contribution in [0, 0.1) is 0 Å². The number of hydrogen-bond acceptors (Lipinski definition) is 4. The summed E-state index contributed by atoms with van der Waals surface area (Å²) in [4.78, 5) is 15.0. The van der Waals surface area contributed by atoms with Crippen LogP contribution in [0.1, 0.15) is 35.2 Å². The van der Waals surface area contributed by atoms with Gasteiger partial charge in [0.2, 0.25) is 10.0 Å². The van der Waals surface area contributed by atoms with Crippen LogP contribution in [0.5, 0.6) is 0 Å². The molecule has 0 aromatic heterocycles. The predicted octanol–water partition coefficient (Wildman–Crippen LogP) is 3.17. The first-order chi connectivity index (χ1) is 14.5. The van der Waals surface area contributed by atoms with E-state index in [-0.39, 0.29) is 12.5 Å². The Hall–Kier alpha value is -2.64. The first-order valence-corrected chi connectivity index (χ1v) is 11.9. The van der Waals surface area contributed by atoms with Gasteiger partial charge in [-0.05, 0) is 54.8 Å². The second-order valence-corrected chi connectivity index (χ2v) is 9.66. The standard InChI is InChI=1S/C23H27N3O3S/c27-23(20-9-11-21(12-10-20)25-13-4-5-14-25)24-18-19-7-6-8-22(17-19)30(28,29)26-15-2-1-3-16-26/h4-12,17H,1-3,13-16,18H2,(H,24,27). The number of rotatable bonds is 6. The first-order valence-electron chi connectivity index (χ1n) is 10.4. The van der Waals surface area contributed by atoms with Crippen LogP contribution < -0.4 is 10.2 Å². The van der Waals surface area contributed by atoms with Crippen LogP contribution in [0.3, 0.4) is 0 Å². The van der Waals surface area contributed by atoms with Gasteiger partial charge in [-0.15, -0.1) is 0 Å². The van der Waals surface area contributed by atoms with Gasteiger partial charge in [0.05, 0.1) is 4.90 Å². The Bertz CT molecular complexity index is 1020. The highest BCUT2D eigenvalue weighted by molar-refractivity contribution is 7.89. The molecular weight excluding hydrogens is 398 g/mol. The van der Waals surface area contributed by atoms with Gasteiger partial charge >= 0.3 is 0 Å². The summed E-state index contributed by atoms with van der Waals surface area (Å²) in [7, 11) is -3.48. The Morgan fingerprint density at radius 1 is 0.933 bits per heavy atom. The van der Waals surface area contributed by atoms with Crippen molar-refractivity contribution in [3.63, 3.8) is 0 Å². The summed E-state index contributed by atoms with van der Waals surface area (Å²) in [5.74, 6) is -0.176. The summed E-state index contributed by atoms with van der Waals surface area (Å²) in [6.07, 6.45) is 7.14. The molecule has 4 rings (SSSR count). The molecule has 0 spiro atoms. The van der Waals surface area contributed by atoms with Crippen LogP contribution in [0.15, 0.2) is 65.6 Å². The Morgan fingerprint density at radius 2 is 1.63 bits per heavy atom. The molecule has 158 valence electrons. The average molecular weight is 426 g/mol. The van der Waals surface area contributed by atoms with Crippen molar-refractivity contribution in [2.24, 2.45) is 0 Å². The van der Waals surface area contributed by atoms with E-state index in [1.165, 1.54) is 0 Å². The molecule has 2 aromatic rings. The van der Waals surface area contributed by atoms with Gasteiger partial charge in [0, 0.05) is 44.0 Å². The fourth-order valence-electron chi connectivity index (χ4n) is 3.87. The molecule has 0 saturated carbocycles. The average Bonchev–Trinajstić information content (AvgIpc) is 3.33. The third-order valence-corrected chi connectivity index (χ3v) is 7.51. The molecule has 2 aromatic carbocycles. The number of amides is 1. The topological polar surface area (TPSA) is 69.7 Å². The Balaban J connectivity index is 1.39. The van der Waals surface area contributed by atoms with E-state index in [2.05, 4.69) is 22.4 Å². The molecule has 0 atom stereocenters. The number of piperidine rings is 1. The number of nitrogens with one attached hydrogen (secondary N) is 1. The maximum atomic E-state index is 12.9. The minimum absolute atomic E-state index is 0.176. The predicted molar refractivity (Wildman–Crippen MR) is 118 cm³/mol. The van der Waals surface area contributed by atoms with Gasteiger partial charge < -0.3 is 10.2 Å². The van der Waals surface area contributed by atoms with Gasteiger partial charge in [0.25, 0.3) is 5.91 Å². The minimum atomic E-state index is -3.48. The van der Waals surface area contributed by atoms with Gasteiger partial charge in [-0.25, -0.2) is 8.42 Å². The molecular formula is C23H27N3O3S. The summed E-state index contributed by atoms with van der Waals surface area (Å²) in [5, 5.41) is 2.89. The molecule has 30 heavy (non-hydrogen) atoms. The molecule has 1 saturated heterocycles. The van der Waals surface area contributed by atoms with Crippen LogP contribution in [0.25, 0.3) is 0 Å². The van der Waals surface area contributed by atoms with Crippen molar-refractivity contribution in [2.45, 2.75) is 30.7 Å². The quantitative estimate of drug-likeness (QED) is 0.722. The number of carbonyl (C=O) groups excluding carboxylic acids is 1. The molecule has 7 heteroatoms. The summed E-state index contributed by atoms with van der Waals surface area (Å²) in [6, 6.07) is 14.4. The van der Waals surface area contributed by atoms with Crippen LogP contribution in [0.2, 0.25) is 0 Å². The normalized spacial score (nSPS) is 17.3. The molecule has 0 aliphatic carbocycles. The van der Waals surface area contributed by atoms with E-state index in [4.69, 9.17) is 0 Å². The number of hydrogen-bond donors (Lipinski definition) is 1. The number of anilines is 1. The highest BCUT2D eigenvalue weighted by Crippen LogP contribution is 2.21. The van der Waals surface area contributed by atoms with Gasteiger partial charge in [-0.2, -0.15) is 4.31 Å². The maximum absolute atomic E-state index is 12.9. The fourth-order valence-corrected chi connectivity index (χ4v) is 5.46. The van der Waals surface area contributed by atoms with Gasteiger partial charge in [0.15, 0.2) is 0 Å². The zero-order chi connectivity index (χ0) is 21.0. The van der Waals surface area contributed by atoms with E-state index in [9.17, 15) is 13.2 Å². The lowest BCUT2D eigenvalue weighted by molar-refractivity contribution is 0.0951. The lowest BCUT2D eigenvalue weighted by Crippen LogP contribution is -2.35. The number of nitrogens with zero attached hydrogens (tertiary/aromatic N) is 2. The van der Waals surface area contributed by atoms with Crippen molar-refractivity contribution in [2.75, 3.05) is 31.1 Å². The van der Waals surface area contributed by atoms with E-state index >= 15 is 0 Å². The van der Waals surface area contributed by atoms with E-state index in [1.54, 1.807) is 22.5 Å². The summed E-state index contributed by atoms with van der Waals surface area (Å²) >= 11 is 0. The van der Waals surface area contributed by atoms with E-state index in [0.29, 0.717) is 23.5 Å². The Morgan fingerprint density at radius 3 is 2.33 bits per heavy atom. The molecule has 2 aliphatic rings. The third-order valence-electron chi connectivity index (χ3n) is 5.62. The molecule has 0 bridgehead atoms. The van der Waals surface area contributed by atoms with Crippen LogP contribution in [0.4, 0.5) is 5.69 Å². The molecule has 6 nitrogen and oxygen atoms in total. The van der Waals surface area contributed by atoms with Crippen LogP contribution in [-0.2, 0) is 16.6 Å². The zero-order valence-electron chi connectivity index (χ0n) is 17.0. The van der Waals surface area contributed by atoms with Gasteiger partial charge in [0.1, 0.15) is 0 Å². The fraction of sp³-hybridized carbons (Fsp3) is 0.348. The second-order valence-electron chi connectivity index (χ2n) is 7.72. The van der Waals surface area contributed by atoms with Crippen molar-refractivity contribution in [1.29, 1.82) is 0 Å². The molecule has 1 N–H and O–H groups in total. The lowest BCUT2D eigenvalue weighted by Gasteiger charge is -2.26. The minimum Gasteiger partial charge on any atom is -0.364 e. The zero-order valence-corrected chi connectivity index (χ0v) is 17.8. The number of carbonyl (C=O) groups is 1.